The predicted octanol–water partition coefficient (Wildman–Crippen LogP) is 3.70. The molecule has 0 saturated heterocycles. The van der Waals surface area contributed by atoms with Gasteiger partial charge in [-0.1, -0.05) is 12.1 Å². The molecular weight excluding hydrogens is 345 g/mol. The maximum Gasteiger partial charge on any atom is 0.278 e. The van der Waals surface area contributed by atoms with Crippen molar-refractivity contribution in [3.63, 3.8) is 0 Å². The normalized spacial score (nSPS) is 14.6. The molecular formula is C19H15F3N2O2. The summed E-state index contributed by atoms with van der Waals surface area (Å²) in [5, 5.41) is 2.70. The van der Waals surface area contributed by atoms with E-state index in [-0.39, 0.29) is 17.0 Å². The number of rotatable bonds is 4. The third-order valence-electron chi connectivity index (χ3n) is 3.95. The highest BCUT2D eigenvalue weighted by Crippen LogP contribution is 2.32. The van der Waals surface area contributed by atoms with Crippen LogP contribution < -0.4 is 5.32 Å². The van der Waals surface area contributed by atoms with Gasteiger partial charge in [-0.05, 0) is 43.7 Å². The molecule has 0 aromatic heterocycles. The summed E-state index contributed by atoms with van der Waals surface area (Å²) in [6.45, 7) is 3.36. The number of carbonyl (C=O) groups is 2. The molecule has 2 amide bonds. The van der Waals surface area contributed by atoms with Gasteiger partial charge in [0.2, 0.25) is 0 Å². The van der Waals surface area contributed by atoms with Crippen LogP contribution in [0.4, 0.5) is 18.9 Å². The van der Waals surface area contributed by atoms with Crippen molar-refractivity contribution in [2.75, 3.05) is 5.32 Å². The quantitative estimate of drug-likeness (QED) is 0.846. The van der Waals surface area contributed by atoms with Gasteiger partial charge in [0.15, 0.2) is 11.6 Å². The SMILES string of the molecule is CC(C)N1C(=O)C(Nc2ccc(F)c(F)c2)=C(c2ccc(F)cc2)C1=O. The first kappa shape index (κ1) is 17.7. The molecule has 2 aromatic carbocycles. The molecule has 26 heavy (non-hydrogen) atoms. The average molecular weight is 360 g/mol. The van der Waals surface area contributed by atoms with Gasteiger partial charge in [-0.2, -0.15) is 0 Å². The molecule has 2 aromatic rings. The van der Waals surface area contributed by atoms with E-state index >= 15 is 0 Å². The van der Waals surface area contributed by atoms with E-state index < -0.39 is 35.3 Å². The summed E-state index contributed by atoms with van der Waals surface area (Å²) >= 11 is 0. The smallest absolute Gasteiger partial charge is 0.278 e. The van der Waals surface area contributed by atoms with Crippen LogP contribution in [0.3, 0.4) is 0 Å². The first-order valence-corrected chi connectivity index (χ1v) is 7.89. The van der Waals surface area contributed by atoms with E-state index in [4.69, 9.17) is 0 Å². The minimum absolute atomic E-state index is 0.0495. The van der Waals surface area contributed by atoms with E-state index in [2.05, 4.69) is 5.32 Å². The molecule has 1 aliphatic rings. The van der Waals surface area contributed by atoms with E-state index in [0.29, 0.717) is 5.56 Å². The lowest BCUT2D eigenvalue weighted by Crippen LogP contribution is -2.38. The van der Waals surface area contributed by atoms with Gasteiger partial charge in [-0.3, -0.25) is 14.5 Å². The monoisotopic (exact) mass is 360 g/mol. The van der Waals surface area contributed by atoms with E-state index in [0.717, 1.165) is 17.0 Å². The van der Waals surface area contributed by atoms with Gasteiger partial charge in [0, 0.05) is 17.8 Å². The maximum atomic E-state index is 13.5. The first-order chi connectivity index (χ1) is 12.3. The van der Waals surface area contributed by atoms with Crippen molar-refractivity contribution in [3.05, 3.63) is 71.2 Å². The molecule has 0 spiro atoms. The second-order valence-electron chi connectivity index (χ2n) is 6.08. The molecule has 1 aliphatic heterocycles. The van der Waals surface area contributed by atoms with Crippen molar-refractivity contribution in [2.24, 2.45) is 0 Å². The average Bonchev–Trinajstić information content (AvgIpc) is 2.82. The Morgan fingerprint density at radius 1 is 0.885 bits per heavy atom. The van der Waals surface area contributed by atoms with Gasteiger partial charge in [0.25, 0.3) is 11.8 Å². The largest absolute Gasteiger partial charge is 0.350 e. The minimum Gasteiger partial charge on any atom is -0.350 e. The summed E-state index contributed by atoms with van der Waals surface area (Å²) in [5.41, 5.74) is 0.443. The molecule has 1 N–H and O–H groups in total. The van der Waals surface area contributed by atoms with Crippen molar-refractivity contribution in [1.29, 1.82) is 0 Å². The van der Waals surface area contributed by atoms with Crippen LogP contribution in [0.25, 0.3) is 5.57 Å². The number of carbonyl (C=O) groups excluding carboxylic acids is 2. The fraction of sp³-hybridized carbons (Fsp3) is 0.158. The lowest BCUT2D eigenvalue weighted by molar-refractivity contribution is -0.138. The van der Waals surface area contributed by atoms with Crippen LogP contribution in [-0.4, -0.2) is 22.8 Å². The Kier molecular flexibility index (Phi) is 4.54. The molecule has 0 fully saturated rings. The van der Waals surface area contributed by atoms with Gasteiger partial charge < -0.3 is 5.32 Å². The molecule has 0 radical (unpaired) electrons. The summed E-state index contributed by atoms with van der Waals surface area (Å²) < 4.78 is 39.8. The van der Waals surface area contributed by atoms with Crippen LogP contribution in [0, 0.1) is 17.5 Å². The zero-order valence-corrected chi connectivity index (χ0v) is 14.0. The molecule has 0 atom stereocenters. The van der Waals surface area contributed by atoms with Crippen LogP contribution in [0.2, 0.25) is 0 Å². The molecule has 0 unspecified atom stereocenters. The lowest BCUT2D eigenvalue weighted by Gasteiger charge is -2.19. The van der Waals surface area contributed by atoms with Gasteiger partial charge in [0.05, 0.1) is 5.57 Å². The highest BCUT2D eigenvalue weighted by Gasteiger charge is 2.40. The second kappa shape index (κ2) is 6.67. The molecule has 0 saturated carbocycles. The number of imide groups is 1. The predicted molar refractivity (Wildman–Crippen MR) is 90.3 cm³/mol. The van der Waals surface area contributed by atoms with Crippen molar-refractivity contribution >= 4 is 23.1 Å². The van der Waals surface area contributed by atoms with Crippen LogP contribution in [0.5, 0.6) is 0 Å². The summed E-state index contributed by atoms with van der Waals surface area (Å²) in [6.07, 6.45) is 0. The number of nitrogens with one attached hydrogen (secondary N) is 1. The van der Waals surface area contributed by atoms with E-state index in [9.17, 15) is 22.8 Å². The minimum atomic E-state index is -1.09. The fourth-order valence-corrected chi connectivity index (χ4v) is 2.73. The van der Waals surface area contributed by atoms with Gasteiger partial charge in [-0.25, -0.2) is 13.2 Å². The maximum absolute atomic E-state index is 13.5. The zero-order chi connectivity index (χ0) is 19.0. The Hall–Kier alpha value is -3.09. The van der Waals surface area contributed by atoms with E-state index in [1.54, 1.807) is 13.8 Å². The summed E-state index contributed by atoms with van der Waals surface area (Å²) in [7, 11) is 0. The van der Waals surface area contributed by atoms with Crippen molar-refractivity contribution in [1.82, 2.24) is 4.90 Å². The third kappa shape index (κ3) is 3.08. The Balaban J connectivity index is 2.10. The Morgan fingerprint density at radius 2 is 1.54 bits per heavy atom. The number of anilines is 1. The fourth-order valence-electron chi connectivity index (χ4n) is 2.73. The second-order valence-corrected chi connectivity index (χ2v) is 6.08. The number of hydrogen-bond donors (Lipinski definition) is 1. The summed E-state index contributed by atoms with van der Waals surface area (Å²) in [4.78, 5) is 26.5. The molecule has 3 rings (SSSR count). The number of amides is 2. The molecule has 7 heteroatoms. The van der Waals surface area contributed by atoms with Gasteiger partial charge in [0.1, 0.15) is 11.5 Å². The van der Waals surface area contributed by atoms with Gasteiger partial charge >= 0.3 is 0 Å². The number of hydrogen-bond acceptors (Lipinski definition) is 3. The molecule has 0 bridgehead atoms. The third-order valence-corrected chi connectivity index (χ3v) is 3.95. The molecule has 0 aliphatic carbocycles. The van der Waals surface area contributed by atoms with E-state index in [1.165, 1.54) is 30.3 Å². The molecule has 4 nitrogen and oxygen atoms in total. The van der Waals surface area contributed by atoms with Crippen molar-refractivity contribution in [2.45, 2.75) is 19.9 Å². The summed E-state index contributed by atoms with van der Waals surface area (Å²) in [5.74, 6) is -3.73. The van der Waals surface area contributed by atoms with Crippen LogP contribution in [0.1, 0.15) is 19.4 Å². The Bertz CT molecular complexity index is 921. The van der Waals surface area contributed by atoms with Crippen LogP contribution in [-0.2, 0) is 9.59 Å². The Labute approximate surface area is 147 Å². The topological polar surface area (TPSA) is 49.4 Å². The first-order valence-electron chi connectivity index (χ1n) is 7.89. The van der Waals surface area contributed by atoms with Crippen LogP contribution in [0.15, 0.2) is 48.2 Å². The van der Waals surface area contributed by atoms with Crippen LogP contribution >= 0.6 is 0 Å². The molecule has 1 heterocycles. The highest BCUT2D eigenvalue weighted by molar-refractivity contribution is 6.36. The number of nitrogens with zero attached hydrogens (tertiary/aromatic N) is 1. The Morgan fingerprint density at radius 3 is 2.12 bits per heavy atom. The van der Waals surface area contributed by atoms with Crippen molar-refractivity contribution in [3.8, 4) is 0 Å². The van der Waals surface area contributed by atoms with E-state index in [1.807, 2.05) is 0 Å². The number of benzene rings is 2. The zero-order valence-electron chi connectivity index (χ0n) is 14.0. The van der Waals surface area contributed by atoms with Gasteiger partial charge in [-0.15, -0.1) is 0 Å². The highest BCUT2D eigenvalue weighted by atomic mass is 19.2. The van der Waals surface area contributed by atoms with Crippen molar-refractivity contribution < 1.29 is 22.8 Å². The number of halogens is 3. The summed E-state index contributed by atoms with van der Waals surface area (Å²) in [6, 6.07) is 7.76. The standard InChI is InChI=1S/C19H15F3N2O2/c1-10(2)24-18(25)16(11-3-5-12(20)6-4-11)17(19(24)26)23-13-7-8-14(21)15(22)9-13/h3-10,23H,1-2H3. The lowest BCUT2D eigenvalue weighted by atomic mass is 10.0. The molecule has 134 valence electrons.